The number of carbonyl (C=O) groups is 2. The van der Waals surface area contributed by atoms with Crippen molar-refractivity contribution in [3.63, 3.8) is 0 Å². The van der Waals surface area contributed by atoms with E-state index in [2.05, 4.69) is 0 Å². The van der Waals surface area contributed by atoms with E-state index in [-0.39, 0.29) is 35.6 Å². The van der Waals surface area contributed by atoms with E-state index >= 15 is 0 Å². The molecule has 6 rings (SSSR count). The summed E-state index contributed by atoms with van der Waals surface area (Å²) in [5.74, 6) is -1.37. The van der Waals surface area contributed by atoms with Crippen molar-refractivity contribution in [1.82, 2.24) is 0 Å². The fourth-order valence-electron chi connectivity index (χ4n) is 6.62. The lowest BCUT2D eigenvalue weighted by Gasteiger charge is -2.44. The SMILES string of the molecule is COc1cc2c(c(OC)c1OC)-c1c(cc3c(c1OC)OCO3)[C@H](OC(=O)c1ccccc1)[C@H](C)[C@](C)(O)[C@H]2C(=O)c1ccccc1. The van der Waals surface area contributed by atoms with Crippen molar-refractivity contribution < 1.29 is 47.9 Å². The Morgan fingerprint density at radius 3 is 1.96 bits per heavy atom. The first-order valence-corrected chi connectivity index (χ1v) is 15.1. The second kappa shape index (κ2) is 12.5. The first-order valence-electron chi connectivity index (χ1n) is 15.1. The summed E-state index contributed by atoms with van der Waals surface area (Å²) in [5.41, 5.74) is 0.492. The Balaban J connectivity index is 1.76. The van der Waals surface area contributed by atoms with Crippen LogP contribution >= 0.6 is 0 Å². The van der Waals surface area contributed by atoms with Crippen molar-refractivity contribution >= 4 is 11.8 Å². The molecule has 4 aromatic carbocycles. The molecule has 10 heteroatoms. The first kappa shape index (κ1) is 31.7. The van der Waals surface area contributed by atoms with Gasteiger partial charge in [0.05, 0.1) is 45.5 Å². The molecular weight excluding hydrogens is 604 g/mol. The number of esters is 1. The normalized spacial score (nSPS) is 21.0. The average Bonchev–Trinajstić information content (AvgIpc) is 3.57. The molecule has 2 aliphatic rings. The summed E-state index contributed by atoms with van der Waals surface area (Å²) in [6.45, 7) is 3.26. The van der Waals surface area contributed by atoms with Gasteiger partial charge in [0.15, 0.2) is 28.8 Å². The molecule has 1 N–H and O–H groups in total. The van der Waals surface area contributed by atoms with Gasteiger partial charge in [-0.2, -0.15) is 0 Å². The number of hydrogen-bond acceptors (Lipinski definition) is 10. The van der Waals surface area contributed by atoms with Gasteiger partial charge in [-0.1, -0.05) is 55.5 Å². The van der Waals surface area contributed by atoms with Gasteiger partial charge in [-0.3, -0.25) is 4.79 Å². The van der Waals surface area contributed by atoms with Crippen LogP contribution in [-0.2, 0) is 4.74 Å². The van der Waals surface area contributed by atoms with Gasteiger partial charge in [0.2, 0.25) is 18.3 Å². The van der Waals surface area contributed by atoms with Gasteiger partial charge >= 0.3 is 5.97 Å². The maximum atomic E-state index is 14.7. The number of ether oxygens (including phenoxy) is 7. The smallest absolute Gasteiger partial charge is 0.338 e. The van der Waals surface area contributed by atoms with Crippen LogP contribution in [0, 0.1) is 5.92 Å². The van der Waals surface area contributed by atoms with Crippen LogP contribution in [0.4, 0.5) is 0 Å². The summed E-state index contributed by atoms with van der Waals surface area (Å²) in [5, 5.41) is 12.7. The lowest BCUT2D eigenvalue weighted by Crippen LogP contribution is -2.47. The summed E-state index contributed by atoms with van der Waals surface area (Å²) >= 11 is 0. The zero-order valence-corrected chi connectivity index (χ0v) is 27.0. The fraction of sp³-hybridized carbons (Fsp3) is 0.297. The fourth-order valence-corrected chi connectivity index (χ4v) is 6.62. The van der Waals surface area contributed by atoms with Crippen molar-refractivity contribution in [2.45, 2.75) is 31.5 Å². The molecule has 0 bridgehead atoms. The minimum Gasteiger partial charge on any atom is -0.493 e. The Morgan fingerprint density at radius 2 is 1.36 bits per heavy atom. The van der Waals surface area contributed by atoms with Gasteiger partial charge in [-0.25, -0.2) is 4.79 Å². The van der Waals surface area contributed by atoms with Gasteiger partial charge in [0, 0.05) is 28.2 Å². The average molecular weight is 641 g/mol. The molecule has 4 atom stereocenters. The molecule has 0 saturated heterocycles. The van der Waals surface area contributed by atoms with Gasteiger partial charge in [-0.05, 0) is 36.8 Å². The lowest BCUT2D eigenvalue weighted by molar-refractivity contribution is -0.0723. The van der Waals surface area contributed by atoms with E-state index in [0.29, 0.717) is 44.9 Å². The summed E-state index contributed by atoms with van der Waals surface area (Å²) < 4.78 is 41.6. The molecule has 0 aromatic heterocycles. The van der Waals surface area contributed by atoms with Gasteiger partial charge in [0.25, 0.3) is 0 Å². The van der Waals surface area contributed by atoms with Gasteiger partial charge < -0.3 is 38.3 Å². The number of ketones is 1. The van der Waals surface area contributed by atoms with E-state index in [1.807, 2.05) is 6.07 Å². The molecule has 4 aromatic rings. The largest absolute Gasteiger partial charge is 0.493 e. The quantitative estimate of drug-likeness (QED) is 0.172. The van der Waals surface area contributed by atoms with E-state index in [1.54, 1.807) is 80.6 Å². The number of hydrogen-bond donors (Lipinski definition) is 1. The van der Waals surface area contributed by atoms with E-state index in [1.165, 1.54) is 28.4 Å². The highest BCUT2D eigenvalue weighted by Crippen LogP contribution is 2.61. The third-order valence-corrected chi connectivity index (χ3v) is 9.11. The van der Waals surface area contributed by atoms with E-state index in [9.17, 15) is 14.7 Å². The highest BCUT2D eigenvalue weighted by molar-refractivity contribution is 6.04. The molecule has 0 unspecified atom stereocenters. The lowest BCUT2D eigenvalue weighted by atomic mass is 9.65. The third-order valence-electron chi connectivity index (χ3n) is 9.11. The second-order valence-electron chi connectivity index (χ2n) is 11.6. The Hall–Kier alpha value is -5.22. The number of rotatable bonds is 8. The molecule has 1 aliphatic heterocycles. The first-order chi connectivity index (χ1) is 22.7. The second-order valence-corrected chi connectivity index (χ2v) is 11.6. The van der Waals surface area contributed by atoms with Crippen LogP contribution in [0.1, 0.15) is 57.7 Å². The predicted molar refractivity (Wildman–Crippen MR) is 172 cm³/mol. The number of methoxy groups -OCH3 is 4. The van der Waals surface area contributed by atoms with Gasteiger partial charge in [-0.15, -0.1) is 0 Å². The Labute approximate surface area is 272 Å². The third kappa shape index (κ3) is 5.18. The molecular formula is C37H36O10. The van der Waals surface area contributed by atoms with Crippen LogP contribution in [0.25, 0.3) is 11.1 Å². The van der Waals surface area contributed by atoms with Gasteiger partial charge in [0.1, 0.15) is 6.10 Å². The molecule has 1 heterocycles. The molecule has 0 fully saturated rings. The molecule has 0 spiro atoms. The van der Waals surface area contributed by atoms with E-state index in [0.717, 1.165) is 0 Å². The Bertz CT molecular complexity index is 1820. The number of benzene rings is 4. The standard InChI is InChI=1S/C37H36O10/c1-20-31(47-36(39)22-15-11-8-12-16-22)24-18-26-33(46-19-45-26)35(44-6)28(24)27-23(17-25(41-3)32(42-4)34(27)43-5)29(37(20,2)40)30(38)21-13-9-7-10-14-21/h7-18,20,29,31,40H,19H2,1-6H3/t20-,29+,31+,37-/m0/s1. The molecule has 0 saturated carbocycles. The number of aliphatic hydroxyl groups is 1. The Kier molecular flexibility index (Phi) is 8.46. The van der Waals surface area contributed by atoms with E-state index in [4.69, 9.17) is 33.2 Å². The molecule has 10 nitrogen and oxygen atoms in total. The summed E-state index contributed by atoms with van der Waals surface area (Å²) in [6.07, 6.45) is -1.12. The van der Waals surface area contributed by atoms with Crippen LogP contribution < -0.4 is 28.4 Å². The van der Waals surface area contributed by atoms with Crippen LogP contribution in [0.2, 0.25) is 0 Å². The van der Waals surface area contributed by atoms with Crippen LogP contribution in [0.3, 0.4) is 0 Å². The zero-order chi connectivity index (χ0) is 33.5. The number of Topliss-reactive ketones (excluding diaryl/α,β-unsaturated/α-hetero) is 1. The van der Waals surface area contributed by atoms with Crippen LogP contribution in [0.5, 0.6) is 34.5 Å². The van der Waals surface area contributed by atoms with Crippen molar-refractivity contribution in [1.29, 1.82) is 0 Å². The molecule has 1 aliphatic carbocycles. The maximum Gasteiger partial charge on any atom is 0.338 e. The Morgan fingerprint density at radius 1 is 0.766 bits per heavy atom. The van der Waals surface area contributed by atoms with Crippen LogP contribution in [0.15, 0.2) is 72.8 Å². The molecule has 0 amide bonds. The monoisotopic (exact) mass is 640 g/mol. The topological polar surface area (TPSA) is 119 Å². The number of carbonyl (C=O) groups excluding carboxylic acids is 2. The van der Waals surface area contributed by atoms with Crippen molar-refractivity contribution in [2.24, 2.45) is 5.92 Å². The summed E-state index contributed by atoms with van der Waals surface area (Å²) in [6, 6.07) is 20.7. The highest BCUT2D eigenvalue weighted by Gasteiger charge is 2.52. The maximum absolute atomic E-state index is 14.7. The summed E-state index contributed by atoms with van der Waals surface area (Å²) in [4.78, 5) is 28.4. The predicted octanol–water partition coefficient (Wildman–Crippen LogP) is 6.38. The minimum absolute atomic E-state index is 0.0681. The molecule has 244 valence electrons. The highest BCUT2D eigenvalue weighted by atomic mass is 16.7. The van der Waals surface area contributed by atoms with Crippen molar-refractivity contribution in [2.75, 3.05) is 35.2 Å². The summed E-state index contributed by atoms with van der Waals surface area (Å²) in [7, 11) is 5.91. The molecule has 47 heavy (non-hydrogen) atoms. The van der Waals surface area contributed by atoms with Crippen LogP contribution in [-0.4, -0.2) is 57.7 Å². The van der Waals surface area contributed by atoms with Crippen molar-refractivity contribution in [3.8, 4) is 45.6 Å². The zero-order valence-electron chi connectivity index (χ0n) is 27.0. The molecule has 0 radical (unpaired) electrons. The minimum atomic E-state index is -1.82. The van der Waals surface area contributed by atoms with E-state index < -0.39 is 29.5 Å². The van der Waals surface area contributed by atoms with Crippen molar-refractivity contribution in [3.05, 3.63) is 95.1 Å². The number of fused-ring (bicyclic) bond motifs is 4.